The monoisotopic (exact) mass is 422 g/mol. The number of aliphatic hydroxyl groups is 4. The molecule has 0 aliphatic carbocycles. The van der Waals surface area contributed by atoms with Crippen LogP contribution in [0.1, 0.15) is 0 Å². The van der Waals surface area contributed by atoms with Crippen LogP contribution in [0.2, 0.25) is 0 Å². The zero-order chi connectivity index (χ0) is 21.7. The lowest BCUT2D eigenvalue weighted by Gasteiger charge is -2.39. The minimum Gasteiger partial charge on any atom is -0.508 e. The van der Waals surface area contributed by atoms with Crippen LogP contribution in [0.4, 0.5) is 0 Å². The fourth-order valence-corrected chi connectivity index (χ4v) is 3.35. The van der Waals surface area contributed by atoms with Crippen LogP contribution in [-0.4, -0.2) is 73.1 Å². The van der Waals surface area contributed by atoms with Crippen LogP contribution < -0.4 is 10.2 Å². The van der Waals surface area contributed by atoms with Gasteiger partial charge in [0.15, 0.2) is 11.3 Å². The first kappa shape index (κ1) is 20.2. The molecule has 2 aromatic carbocycles. The number of hydrogen-bond acceptors (Lipinski definition) is 11. The van der Waals surface area contributed by atoms with Crippen molar-refractivity contribution in [3.05, 3.63) is 34.5 Å². The summed E-state index contributed by atoms with van der Waals surface area (Å²) in [4.78, 5) is 12.8. The molecule has 0 spiro atoms. The van der Waals surface area contributed by atoms with Gasteiger partial charge >= 0.3 is 0 Å². The number of rotatable bonds is 3. The summed E-state index contributed by atoms with van der Waals surface area (Å²) in [6.45, 7) is -0.702. The maximum Gasteiger partial charge on any atom is 0.229 e. The Morgan fingerprint density at radius 3 is 2.40 bits per heavy atom. The first-order chi connectivity index (χ1) is 14.2. The number of phenols is 3. The number of aliphatic hydroxyl groups excluding tert-OH is 4. The van der Waals surface area contributed by atoms with E-state index in [0.29, 0.717) is 0 Å². The van der Waals surface area contributed by atoms with Crippen molar-refractivity contribution < 1.29 is 49.6 Å². The Morgan fingerprint density at radius 2 is 1.70 bits per heavy atom. The van der Waals surface area contributed by atoms with Gasteiger partial charge in [-0.2, -0.15) is 0 Å². The van der Waals surface area contributed by atoms with E-state index in [1.165, 1.54) is 12.1 Å². The molecule has 160 valence electrons. The van der Waals surface area contributed by atoms with Gasteiger partial charge in [0.2, 0.25) is 17.5 Å². The first-order valence-corrected chi connectivity index (χ1v) is 8.84. The standard InChI is InChI=1S/C19H18O11/c20-5-11-14(25)15(26)16(27)19(29-11)30-17-9(23)4-8(22)12-13(24)7-2-1-6(21)3-10(7)28-18(12)17/h1-4,11,14-16,19-23,25-27H,5H2/t11-,14-,15+,16-,19+/m1/s1. The molecule has 1 aliphatic heterocycles. The molecular formula is C19H18O11. The first-order valence-electron chi connectivity index (χ1n) is 8.84. The molecule has 11 heteroatoms. The number of fused-ring (bicyclic) bond motifs is 2. The predicted octanol–water partition coefficient (Wildman–Crippen LogP) is -0.758. The molecule has 4 rings (SSSR count). The van der Waals surface area contributed by atoms with Gasteiger partial charge < -0.3 is 49.6 Å². The average molecular weight is 422 g/mol. The highest BCUT2D eigenvalue weighted by Crippen LogP contribution is 2.42. The van der Waals surface area contributed by atoms with Crippen molar-refractivity contribution in [2.75, 3.05) is 6.61 Å². The minimum atomic E-state index is -1.79. The summed E-state index contributed by atoms with van der Waals surface area (Å²) in [5, 5.41) is 69.0. The summed E-state index contributed by atoms with van der Waals surface area (Å²) in [5.41, 5.74) is -1.16. The second kappa shape index (κ2) is 7.31. The molecule has 1 fully saturated rings. The predicted molar refractivity (Wildman–Crippen MR) is 99.4 cm³/mol. The number of ether oxygens (including phenoxy) is 2. The quantitative estimate of drug-likeness (QED) is 0.263. The largest absolute Gasteiger partial charge is 0.508 e. The molecule has 0 radical (unpaired) electrons. The van der Waals surface area contributed by atoms with Crippen molar-refractivity contribution >= 4 is 21.9 Å². The molecule has 0 bridgehead atoms. The second-order valence-electron chi connectivity index (χ2n) is 6.87. The highest BCUT2D eigenvalue weighted by atomic mass is 16.7. The maximum atomic E-state index is 12.8. The fraction of sp³-hybridized carbons (Fsp3) is 0.316. The number of benzene rings is 2. The summed E-state index contributed by atoms with van der Waals surface area (Å²) >= 11 is 0. The smallest absolute Gasteiger partial charge is 0.229 e. The summed E-state index contributed by atoms with van der Waals surface area (Å²) in [6, 6.07) is 4.52. The van der Waals surface area contributed by atoms with Crippen molar-refractivity contribution in [2.24, 2.45) is 0 Å². The number of phenolic OH excluding ortho intramolecular Hbond substituents is 3. The van der Waals surface area contributed by atoms with Crippen LogP contribution >= 0.6 is 0 Å². The lowest BCUT2D eigenvalue weighted by molar-refractivity contribution is -0.277. The Hall–Kier alpha value is -3.09. The molecule has 0 unspecified atom stereocenters. The Bertz CT molecular complexity index is 1170. The molecule has 1 aliphatic rings. The Labute approximate surface area is 167 Å². The lowest BCUT2D eigenvalue weighted by atomic mass is 9.99. The summed E-state index contributed by atoms with van der Waals surface area (Å²) in [6.07, 6.45) is -8.11. The zero-order valence-corrected chi connectivity index (χ0v) is 15.2. The summed E-state index contributed by atoms with van der Waals surface area (Å²) in [7, 11) is 0. The van der Waals surface area contributed by atoms with Gasteiger partial charge in [0.1, 0.15) is 46.9 Å². The molecular weight excluding hydrogens is 404 g/mol. The van der Waals surface area contributed by atoms with Crippen LogP contribution in [0.5, 0.6) is 23.0 Å². The van der Waals surface area contributed by atoms with E-state index in [0.717, 1.165) is 12.1 Å². The van der Waals surface area contributed by atoms with E-state index >= 15 is 0 Å². The van der Waals surface area contributed by atoms with Crippen molar-refractivity contribution in [2.45, 2.75) is 30.7 Å². The van der Waals surface area contributed by atoms with Gasteiger partial charge in [0, 0.05) is 12.1 Å². The second-order valence-corrected chi connectivity index (χ2v) is 6.87. The zero-order valence-electron chi connectivity index (χ0n) is 15.2. The topological polar surface area (TPSA) is 190 Å². The van der Waals surface area contributed by atoms with E-state index in [2.05, 4.69) is 0 Å². The van der Waals surface area contributed by atoms with Crippen molar-refractivity contribution in [1.29, 1.82) is 0 Å². The van der Waals surface area contributed by atoms with E-state index in [1.54, 1.807) is 0 Å². The van der Waals surface area contributed by atoms with Gasteiger partial charge in [-0.3, -0.25) is 4.79 Å². The van der Waals surface area contributed by atoms with Crippen LogP contribution in [0.25, 0.3) is 21.9 Å². The van der Waals surface area contributed by atoms with Gasteiger partial charge in [0.25, 0.3) is 0 Å². The Kier molecular flexibility index (Phi) is 4.92. The van der Waals surface area contributed by atoms with Crippen LogP contribution in [0.15, 0.2) is 33.5 Å². The molecule has 0 saturated carbocycles. The molecule has 1 aromatic heterocycles. The third kappa shape index (κ3) is 3.09. The Balaban J connectivity index is 1.88. The van der Waals surface area contributed by atoms with Crippen LogP contribution in [-0.2, 0) is 4.74 Å². The van der Waals surface area contributed by atoms with Gasteiger partial charge in [-0.05, 0) is 12.1 Å². The molecule has 5 atom stereocenters. The van der Waals surface area contributed by atoms with Gasteiger partial charge in [0.05, 0.1) is 12.0 Å². The average Bonchev–Trinajstić information content (AvgIpc) is 2.70. The minimum absolute atomic E-state index is 0.0417. The molecule has 30 heavy (non-hydrogen) atoms. The van der Waals surface area contributed by atoms with E-state index in [4.69, 9.17) is 13.9 Å². The SMILES string of the molecule is O=c1c2ccc(O)cc2oc2c(O[C@@H]3O[C@H](CO)[C@@H](O)[C@H](O)[C@H]3O)c(O)cc(O)c12. The highest BCUT2D eigenvalue weighted by Gasteiger charge is 2.45. The third-order valence-electron chi connectivity index (χ3n) is 4.93. The Morgan fingerprint density at radius 1 is 0.967 bits per heavy atom. The van der Waals surface area contributed by atoms with Gasteiger partial charge in [-0.25, -0.2) is 0 Å². The van der Waals surface area contributed by atoms with Crippen molar-refractivity contribution in [3.63, 3.8) is 0 Å². The van der Waals surface area contributed by atoms with E-state index in [9.17, 15) is 40.5 Å². The van der Waals surface area contributed by atoms with Crippen LogP contribution in [0, 0.1) is 0 Å². The molecule has 11 nitrogen and oxygen atoms in total. The molecule has 7 N–H and O–H groups in total. The summed E-state index contributed by atoms with van der Waals surface area (Å²) < 4.78 is 16.3. The van der Waals surface area contributed by atoms with E-state index < -0.39 is 65.6 Å². The molecule has 1 saturated heterocycles. The molecule has 2 heterocycles. The third-order valence-corrected chi connectivity index (χ3v) is 4.93. The maximum absolute atomic E-state index is 12.8. The highest BCUT2D eigenvalue weighted by molar-refractivity contribution is 5.97. The number of aromatic hydroxyl groups is 3. The van der Waals surface area contributed by atoms with Gasteiger partial charge in [-0.15, -0.1) is 0 Å². The van der Waals surface area contributed by atoms with Crippen molar-refractivity contribution in [3.8, 4) is 23.0 Å². The molecule has 0 amide bonds. The fourth-order valence-electron chi connectivity index (χ4n) is 3.35. The van der Waals surface area contributed by atoms with Crippen molar-refractivity contribution in [1.82, 2.24) is 0 Å². The normalized spacial score (nSPS) is 26.9. The number of hydrogen-bond donors (Lipinski definition) is 7. The van der Waals surface area contributed by atoms with Gasteiger partial charge in [-0.1, -0.05) is 0 Å². The molecule has 3 aromatic rings. The summed E-state index contributed by atoms with van der Waals surface area (Å²) in [5.74, 6) is -1.99. The van der Waals surface area contributed by atoms with E-state index in [-0.39, 0.29) is 22.1 Å². The van der Waals surface area contributed by atoms with E-state index in [1.807, 2.05) is 0 Å². The van der Waals surface area contributed by atoms with Crippen LogP contribution in [0.3, 0.4) is 0 Å². The lowest BCUT2D eigenvalue weighted by Crippen LogP contribution is -2.60.